The normalized spacial score (nSPS) is 55.2. The van der Waals surface area contributed by atoms with Crippen LogP contribution >= 0.6 is 0 Å². The highest BCUT2D eigenvalue weighted by molar-refractivity contribution is 5.66. The Morgan fingerprint density at radius 2 is 1.91 bits per heavy atom. The minimum absolute atomic E-state index is 0.0849. The van der Waals surface area contributed by atoms with Gasteiger partial charge in [-0.2, -0.15) is 0 Å². The molecule has 3 saturated carbocycles. The first-order valence-electron chi connectivity index (χ1n) is 13.8. The molecule has 0 N–H and O–H groups in total. The second kappa shape index (κ2) is 7.56. The van der Waals surface area contributed by atoms with Crippen LogP contribution in [-0.2, 0) is 19.0 Å². The maximum absolute atomic E-state index is 11.5. The van der Waals surface area contributed by atoms with E-state index in [2.05, 4.69) is 33.8 Å². The Balaban J connectivity index is 1.24. The topological polar surface area (TPSA) is 44.8 Å². The lowest BCUT2D eigenvalue weighted by Gasteiger charge is -2.58. The van der Waals surface area contributed by atoms with Crippen molar-refractivity contribution in [2.24, 2.45) is 46.3 Å². The molecular weight excluding hydrogens is 412 g/mol. The van der Waals surface area contributed by atoms with Gasteiger partial charge in [0, 0.05) is 25.7 Å². The number of hydrogen-bond donors (Lipinski definition) is 0. The lowest BCUT2D eigenvalue weighted by atomic mass is 9.47. The Labute approximate surface area is 200 Å². The lowest BCUT2D eigenvalue weighted by molar-refractivity contribution is -0.272. The van der Waals surface area contributed by atoms with Crippen LogP contribution in [0.5, 0.6) is 0 Å². The third kappa shape index (κ3) is 3.18. The summed E-state index contributed by atoms with van der Waals surface area (Å²) in [5, 5.41) is 0. The molecule has 0 amide bonds. The SMILES string of the molecule is CC(=O)O[C@H]1CC[C@@]2(C)C(=CC[C@@H]3[C@@H]2CC[C@]2(C)C4C(C[C@@H]32)O[C@]2(CC[C@@H](C)CO2)[C@H]4C)C1. The van der Waals surface area contributed by atoms with E-state index >= 15 is 0 Å². The van der Waals surface area contributed by atoms with Gasteiger partial charge >= 0.3 is 5.97 Å². The Bertz CT molecular complexity index is 841. The van der Waals surface area contributed by atoms with E-state index in [-0.39, 0.29) is 23.3 Å². The largest absolute Gasteiger partial charge is 0.462 e. The predicted octanol–water partition coefficient (Wildman–Crippen LogP) is 6.28. The van der Waals surface area contributed by atoms with Crippen molar-refractivity contribution in [1.29, 1.82) is 0 Å². The van der Waals surface area contributed by atoms with Crippen molar-refractivity contribution in [3.05, 3.63) is 11.6 Å². The van der Waals surface area contributed by atoms with Crippen molar-refractivity contribution in [1.82, 2.24) is 0 Å². The van der Waals surface area contributed by atoms with Crippen molar-refractivity contribution in [2.75, 3.05) is 6.61 Å². The molecule has 4 heteroatoms. The van der Waals surface area contributed by atoms with Crippen LogP contribution in [-0.4, -0.2) is 30.6 Å². The Kier molecular flexibility index (Phi) is 5.18. The molecule has 184 valence electrons. The van der Waals surface area contributed by atoms with E-state index < -0.39 is 0 Å². The van der Waals surface area contributed by atoms with Crippen LogP contribution in [0.25, 0.3) is 0 Å². The molecule has 0 radical (unpaired) electrons. The molecule has 4 nitrogen and oxygen atoms in total. The predicted molar refractivity (Wildman–Crippen MR) is 127 cm³/mol. The second-order valence-corrected chi connectivity index (χ2v) is 13.3. The third-order valence-corrected chi connectivity index (χ3v) is 11.7. The smallest absolute Gasteiger partial charge is 0.302 e. The summed E-state index contributed by atoms with van der Waals surface area (Å²) in [5.41, 5.74) is 2.24. The zero-order valence-electron chi connectivity index (χ0n) is 21.4. The van der Waals surface area contributed by atoms with Gasteiger partial charge in [-0.05, 0) is 85.4 Å². The van der Waals surface area contributed by atoms with Crippen molar-refractivity contribution >= 4 is 5.97 Å². The van der Waals surface area contributed by atoms with Gasteiger partial charge < -0.3 is 14.2 Å². The highest BCUT2D eigenvalue weighted by atomic mass is 16.7. The van der Waals surface area contributed by atoms with Crippen LogP contribution in [0.2, 0.25) is 0 Å². The van der Waals surface area contributed by atoms with Gasteiger partial charge in [0.2, 0.25) is 0 Å². The lowest BCUT2D eigenvalue weighted by Crippen LogP contribution is -2.52. The van der Waals surface area contributed by atoms with E-state index in [0.29, 0.717) is 29.3 Å². The van der Waals surface area contributed by atoms with Crippen molar-refractivity contribution < 1.29 is 19.0 Å². The number of hydrogen-bond acceptors (Lipinski definition) is 4. The molecule has 1 spiro atoms. The van der Waals surface area contributed by atoms with Crippen molar-refractivity contribution in [3.63, 3.8) is 0 Å². The molecule has 5 fully saturated rings. The highest BCUT2D eigenvalue weighted by Crippen LogP contribution is 2.70. The zero-order chi connectivity index (χ0) is 23.2. The van der Waals surface area contributed by atoms with Crippen LogP contribution in [0.3, 0.4) is 0 Å². The molecule has 0 aromatic carbocycles. The summed E-state index contributed by atoms with van der Waals surface area (Å²) in [4.78, 5) is 11.5. The van der Waals surface area contributed by atoms with Crippen LogP contribution < -0.4 is 0 Å². The Hall–Kier alpha value is -0.870. The minimum Gasteiger partial charge on any atom is -0.462 e. The number of ether oxygens (including phenoxy) is 3. The highest BCUT2D eigenvalue weighted by Gasteiger charge is 2.68. The maximum Gasteiger partial charge on any atom is 0.302 e. The van der Waals surface area contributed by atoms with Crippen molar-refractivity contribution in [2.45, 2.75) is 110 Å². The maximum atomic E-state index is 11.5. The van der Waals surface area contributed by atoms with Gasteiger partial charge in [0.15, 0.2) is 5.79 Å². The number of fused-ring (bicyclic) bond motifs is 7. The van der Waals surface area contributed by atoms with E-state index in [4.69, 9.17) is 14.2 Å². The van der Waals surface area contributed by atoms with E-state index in [9.17, 15) is 4.79 Å². The fourth-order valence-corrected chi connectivity index (χ4v) is 9.98. The van der Waals surface area contributed by atoms with Gasteiger partial charge in [0.1, 0.15) is 6.10 Å². The average molecular weight is 457 g/mol. The molecule has 0 bridgehead atoms. The zero-order valence-corrected chi connectivity index (χ0v) is 21.4. The molecule has 0 aromatic heterocycles. The number of rotatable bonds is 1. The van der Waals surface area contributed by atoms with Gasteiger partial charge in [0.05, 0.1) is 12.7 Å². The van der Waals surface area contributed by atoms with Crippen LogP contribution in [0.4, 0.5) is 0 Å². The molecule has 6 rings (SSSR count). The van der Waals surface area contributed by atoms with Crippen LogP contribution in [0.1, 0.15) is 92.4 Å². The number of esters is 1. The second-order valence-electron chi connectivity index (χ2n) is 13.3. The summed E-state index contributed by atoms with van der Waals surface area (Å²) >= 11 is 0. The van der Waals surface area contributed by atoms with Crippen molar-refractivity contribution in [3.8, 4) is 0 Å². The van der Waals surface area contributed by atoms with E-state index in [1.807, 2.05) is 0 Å². The molecule has 2 aliphatic heterocycles. The summed E-state index contributed by atoms with van der Waals surface area (Å²) in [6.07, 6.45) is 13.6. The third-order valence-electron chi connectivity index (χ3n) is 11.7. The summed E-state index contributed by atoms with van der Waals surface area (Å²) in [7, 11) is 0. The first-order valence-corrected chi connectivity index (χ1v) is 13.8. The molecule has 2 heterocycles. The Morgan fingerprint density at radius 3 is 2.64 bits per heavy atom. The van der Waals surface area contributed by atoms with E-state index in [1.165, 1.54) is 32.1 Å². The monoisotopic (exact) mass is 456 g/mol. The standard InChI is InChI=1S/C29H44O4/c1-17-8-13-29(31-16-17)18(2)26-25(33-29)15-24-22-7-6-20-14-21(32-19(3)30)9-11-27(20,4)23(22)10-12-28(24,26)5/h6,17-18,21-26H,7-16H2,1-5H3/t17-,18+,21+,22-,23+,24+,25?,26?,27+,28+,29-/m1/s1. The molecule has 2 unspecified atom stereocenters. The average Bonchev–Trinajstić information content (AvgIpc) is 3.21. The first kappa shape index (κ1) is 22.6. The molecule has 6 aliphatic rings. The van der Waals surface area contributed by atoms with Gasteiger partial charge in [-0.15, -0.1) is 0 Å². The summed E-state index contributed by atoms with van der Waals surface area (Å²) in [6.45, 7) is 12.3. The molecule has 33 heavy (non-hydrogen) atoms. The number of carbonyl (C=O) groups excluding carboxylic acids is 1. The summed E-state index contributed by atoms with van der Waals surface area (Å²) < 4.78 is 19.0. The molecule has 11 atom stereocenters. The summed E-state index contributed by atoms with van der Waals surface area (Å²) in [5.74, 6) is 3.64. The number of allylic oxidation sites excluding steroid dienone is 1. The van der Waals surface area contributed by atoms with E-state index in [0.717, 1.165) is 50.0 Å². The van der Waals surface area contributed by atoms with Gasteiger partial charge in [-0.25, -0.2) is 0 Å². The quantitative estimate of drug-likeness (QED) is 0.344. The Morgan fingerprint density at radius 1 is 1.09 bits per heavy atom. The first-order chi connectivity index (χ1) is 15.7. The molecule has 0 aromatic rings. The van der Waals surface area contributed by atoms with Crippen LogP contribution in [0.15, 0.2) is 11.6 Å². The fourth-order valence-electron chi connectivity index (χ4n) is 9.98. The van der Waals surface area contributed by atoms with Gasteiger partial charge in [0.25, 0.3) is 0 Å². The molecular formula is C29H44O4. The van der Waals surface area contributed by atoms with Gasteiger partial charge in [-0.1, -0.05) is 39.3 Å². The van der Waals surface area contributed by atoms with Gasteiger partial charge in [-0.3, -0.25) is 4.79 Å². The minimum atomic E-state index is -0.312. The molecule has 2 saturated heterocycles. The summed E-state index contributed by atoms with van der Waals surface area (Å²) in [6, 6.07) is 0. The molecule has 4 aliphatic carbocycles. The van der Waals surface area contributed by atoms with Crippen LogP contribution in [0, 0.1) is 46.3 Å². The van der Waals surface area contributed by atoms with E-state index in [1.54, 1.807) is 12.5 Å². The fraction of sp³-hybridized carbons (Fsp3) is 0.897. The number of carbonyl (C=O) groups is 1.